The largest absolute Gasteiger partial charge is 0.492 e. The van der Waals surface area contributed by atoms with E-state index in [0.717, 1.165) is 29.3 Å². The van der Waals surface area contributed by atoms with Gasteiger partial charge in [-0.3, -0.25) is 9.59 Å². The average molecular weight is 603 g/mol. The molecule has 3 N–H and O–H groups in total. The molecule has 1 saturated heterocycles. The fourth-order valence-corrected chi connectivity index (χ4v) is 5.45. The number of amides is 2. The van der Waals surface area contributed by atoms with Crippen molar-refractivity contribution >= 4 is 29.1 Å². The van der Waals surface area contributed by atoms with Crippen molar-refractivity contribution in [1.82, 2.24) is 10.2 Å². The quantitative estimate of drug-likeness (QED) is 0.321. The van der Waals surface area contributed by atoms with Gasteiger partial charge in [0.05, 0.1) is 28.4 Å². The third-order valence-corrected chi connectivity index (χ3v) is 7.56. The minimum Gasteiger partial charge on any atom is -0.492 e. The van der Waals surface area contributed by atoms with E-state index in [0.29, 0.717) is 43.1 Å². The first-order valence-electron chi connectivity index (χ1n) is 13.9. The van der Waals surface area contributed by atoms with Crippen LogP contribution in [0.3, 0.4) is 0 Å². The lowest BCUT2D eigenvalue weighted by molar-refractivity contribution is -0.137. The Balaban J connectivity index is 1.69. The number of nitrogens with two attached hydrogens (primary N) is 1. The smallest absolute Gasteiger partial charge is 0.416 e. The standard InChI is InChI=1S/C31H34ClF3N4O3/c1-3-22-19-38(30(41)24-11-10-21(18-25(24)32)31(33,34)35)16-17-39(22)26-13-12-23(20-8-6-5-7-9-20)28(42-4-2)27(26)29(40)37-15-14-36/h5-13,18,22H,3-4,14-17,19,36H2,1-2H3,(H,37,40)/t22-/m1/s1. The highest BCUT2D eigenvalue weighted by atomic mass is 35.5. The first-order chi connectivity index (χ1) is 20.1. The fraction of sp³-hybridized carbons (Fsp3) is 0.355. The van der Waals surface area contributed by atoms with Gasteiger partial charge in [0.25, 0.3) is 11.8 Å². The van der Waals surface area contributed by atoms with Crippen molar-refractivity contribution in [2.24, 2.45) is 5.73 Å². The van der Waals surface area contributed by atoms with Gasteiger partial charge in [-0.25, -0.2) is 0 Å². The second kappa shape index (κ2) is 13.5. The van der Waals surface area contributed by atoms with Crippen LogP contribution in [-0.4, -0.2) is 62.1 Å². The monoisotopic (exact) mass is 602 g/mol. The number of carbonyl (C=O) groups is 2. The number of halogens is 4. The highest BCUT2D eigenvalue weighted by molar-refractivity contribution is 6.33. The Morgan fingerprint density at radius 1 is 1.07 bits per heavy atom. The van der Waals surface area contributed by atoms with Crippen LogP contribution in [0.4, 0.5) is 18.9 Å². The molecule has 2 amide bonds. The number of ether oxygens (including phenoxy) is 1. The number of anilines is 1. The number of nitrogens with one attached hydrogen (secondary N) is 1. The van der Waals surface area contributed by atoms with Crippen LogP contribution in [0, 0.1) is 0 Å². The highest BCUT2D eigenvalue weighted by Gasteiger charge is 2.35. The van der Waals surface area contributed by atoms with E-state index in [1.54, 1.807) is 4.90 Å². The number of hydrogen-bond donors (Lipinski definition) is 2. The Morgan fingerprint density at radius 3 is 2.43 bits per heavy atom. The van der Waals surface area contributed by atoms with Crippen LogP contribution in [0.1, 0.15) is 46.5 Å². The van der Waals surface area contributed by atoms with Crippen molar-refractivity contribution in [3.05, 3.63) is 82.4 Å². The molecule has 1 heterocycles. The Labute approximate surface area is 248 Å². The number of nitrogens with zero attached hydrogens (tertiary/aromatic N) is 2. The topological polar surface area (TPSA) is 87.9 Å². The number of benzene rings is 3. The molecule has 4 rings (SSSR count). The van der Waals surface area contributed by atoms with Gasteiger partial charge in [-0.1, -0.05) is 48.9 Å². The predicted octanol–water partition coefficient (Wildman–Crippen LogP) is 5.85. The third-order valence-electron chi connectivity index (χ3n) is 7.24. The molecular weight excluding hydrogens is 569 g/mol. The zero-order valence-corrected chi connectivity index (χ0v) is 24.3. The molecule has 0 unspecified atom stereocenters. The van der Waals surface area contributed by atoms with Crippen LogP contribution in [-0.2, 0) is 6.18 Å². The molecule has 0 radical (unpaired) electrons. The van der Waals surface area contributed by atoms with Gasteiger partial charge in [-0.05, 0) is 49.2 Å². The van der Waals surface area contributed by atoms with Gasteiger partial charge in [-0.15, -0.1) is 0 Å². The van der Waals surface area contributed by atoms with Crippen molar-refractivity contribution in [3.63, 3.8) is 0 Å². The number of hydrogen-bond acceptors (Lipinski definition) is 5. The van der Waals surface area contributed by atoms with Crippen LogP contribution in [0.5, 0.6) is 5.75 Å². The lowest BCUT2D eigenvalue weighted by Crippen LogP contribution is -2.55. The molecule has 0 aromatic heterocycles. The molecule has 1 atom stereocenters. The Kier molecular flexibility index (Phi) is 10.0. The summed E-state index contributed by atoms with van der Waals surface area (Å²) >= 11 is 6.13. The van der Waals surface area contributed by atoms with Gasteiger partial charge in [-0.2, -0.15) is 13.2 Å². The molecule has 11 heteroatoms. The van der Waals surface area contributed by atoms with Gasteiger partial charge in [0.2, 0.25) is 0 Å². The average Bonchev–Trinajstić information content (AvgIpc) is 2.99. The van der Waals surface area contributed by atoms with Crippen LogP contribution < -0.4 is 20.7 Å². The third kappa shape index (κ3) is 6.65. The normalized spacial score (nSPS) is 15.5. The van der Waals surface area contributed by atoms with Gasteiger partial charge < -0.3 is 25.6 Å². The molecule has 3 aromatic carbocycles. The van der Waals surface area contributed by atoms with Crippen LogP contribution in [0.15, 0.2) is 60.7 Å². The van der Waals surface area contributed by atoms with Gasteiger partial charge in [0.15, 0.2) is 0 Å². The Hall–Kier alpha value is -3.76. The maximum atomic E-state index is 13.6. The lowest BCUT2D eigenvalue weighted by Gasteiger charge is -2.43. The maximum Gasteiger partial charge on any atom is 0.416 e. The minimum atomic E-state index is -4.56. The van der Waals surface area contributed by atoms with E-state index in [2.05, 4.69) is 10.2 Å². The van der Waals surface area contributed by atoms with Crippen LogP contribution in [0.2, 0.25) is 5.02 Å². The molecule has 224 valence electrons. The van der Waals surface area contributed by atoms with Gasteiger partial charge >= 0.3 is 6.18 Å². The summed E-state index contributed by atoms with van der Waals surface area (Å²) in [6, 6.07) is 16.1. The summed E-state index contributed by atoms with van der Waals surface area (Å²) in [5, 5.41) is 2.63. The minimum absolute atomic E-state index is 0.0145. The van der Waals surface area contributed by atoms with Crippen molar-refractivity contribution in [3.8, 4) is 16.9 Å². The highest BCUT2D eigenvalue weighted by Crippen LogP contribution is 2.40. The Bertz CT molecular complexity index is 1420. The van der Waals surface area contributed by atoms with E-state index in [9.17, 15) is 22.8 Å². The second-order valence-electron chi connectivity index (χ2n) is 9.88. The Morgan fingerprint density at radius 2 is 1.81 bits per heavy atom. The summed E-state index contributed by atoms with van der Waals surface area (Å²) in [5.41, 5.74) is 7.50. The summed E-state index contributed by atoms with van der Waals surface area (Å²) in [6.45, 7) is 5.69. The zero-order valence-electron chi connectivity index (χ0n) is 23.5. The number of rotatable bonds is 9. The molecule has 7 nitrogen and oxygen atoms in total. The maximum absolute atomic E-state index is 13.6. The molecule has 0 aliphatic carbocycles. The van der Waals surface area contributed by atoms with E-state index < -0.39 is 17.6 Å². The molecule has 0 saturated carbocycles. The number of piperazine rings is 1. The SMILES string of the molecule is CCOc1c(-c2ccccc2)ccc(N2CCN(C(=O)c3ccc(C(F)(F)F)cc3Cl)C[C@H]2CC)c1C(=O)NCCN. The van der Waals surface area contributed by atoms with E-state index in [1.165, 1.54) is 0 Å². The first kappa shape index (κ1) is 31.2. The molecule has 42 heavy (non-hydrogen) atoms. The predicted molar refractivity (Wildman–Crippen MR) is 158 cm³/mol. The first-order valence-corrected chi connectivity index (χ1v) is 14.2. The second-order valence-corrected chi connectivity index (χ2v) is 10.3. The van der Waals surface area contributed by atoms with Crippen molar-refractivity contribution in [2.45, 2.75) is 32.5 Å². The van der Waals surface area contributed by atoms with E-state index in [1.807, 2.05) is 56.3 Å². The molecule has 0 bridgehead atoms. The molecule has 3 aromatic rings. The molecule has 0 spiro atoms. The summed E-state index contributed by atoms with van der Waals surface area (Å²) in [7, 11) is 0. The van der Waals surface area contributed by atoms with Crippen molar-refractivity contribution < 1.29 is 27.5 Å². The lowest BCUT2D eigenvalue weighted by atomic mass is 9.97. The summed E-state index contributed by atoms with van der Waals surface area (Å²) in [5.74, 6) is -0.302. The number of alkyl halides is 3. The molecular formula is C31H34ClF3N4O3. The zero-order chi connectivity index (χ0) is 30.4. The molecule has 1 fully saturated rings. The summed E-state index contributed by atoms with van der Waals surface area (Å²) in [6.07, 6.45) is -3.92. The van der Waals surface area contributed by atoms with Crippen LogP contribution >= 0.6 is 11.6 Å². The van der Waals surface area contributed by atoms with Gasteiger partial charge in [0, 0.05) is 44.3 Å². The van der Waals surface area contributed by atoms with Gasteiger partial charge in [0.1, 0.15) is 11.3 Å². The fourth-order valence-electron chi connectivity index (χ4n) is 5.19. The summed E-state index contributed by atoms with van der Waals surface area (Å²) in [4.78, 5) is 30.7. The number of carbonyl (C=O) groups excluding carboxylic acids is 2. The molecule has 1 aliphatic heterocycles. The van der Waals surface area contributed by atoms with Crippen molar-refractivity contribution in [2.75, 3.05) is 44.2 Å². The molecule has 1 aliphatic rings. The van der Waals surface area contributed by atoms with E-state index in [4.69, 9.17) is 22.1 Å². The van der Waals surface area contributed by atoms with Crippen LogP contribution in [0.25, 0.3) is 11.1 Å². The summed E-state index contributed by atoms with van der Waals surface area (Å²) < 4.78 is 45.4. The van der Waals surface area contributed by atoms with E-state index >= 15 is 0 Å². The van der Waals surface area contributed by atoms with E-state index in [-0.39, 0.29) is 42.2 Å². The van der Waals surface area contributed by atoms with Crippen molar-refractivity contribution in [1.29, 1.82) is 0 Å².